The van der Waals surface area contributed by atoms with Crippen LogP contribution < -0.4 is 0 Å². The molecule has 0 aliphatic rings. The van der Waals surface area contributed by atoms with Gasteiger partial charge in [0, 0.05) is 18.3 Å². The van der Waals surface area contributed by atoms with E-state index in [-0.39, 0.29) is 17.7 Å². The zero-order valence-electron chi connectivity index (χ0n) is 12.5. The summed E-state index contributed by atoms with van der Waals surface area (Å²) in [6, 6.07) is 7.53. The molecular formula is C16H20ClN3O. The third-order valence-electron chi connectivity index (χ3n) is 3.48. The normalized spacial score (nSPS) is 12.4. The maximum atomic E-state index is 12.8. The van der Waals surface area contributed by atoms with Gasteiger partial charge in [0.15, 0.2) is 0 Å². The molecule has 2 aromatic rings. The van der Waals surface area contributed by atoms with Crippen LogP contribution in [0.1, 0.15) is 31.0 Å². The van der Waals surface area contributed by atoms with Crippen LogP contribution in [0.15, 0.2) is 36.8 Å². The van der Waals surface area contributed by atoms with E-state index in [4.69, 9.17) is 11.6 Å². The predicted molar refractivity (Wildman–Crippen MR) is 84.1 cm³/mol. The van der Waals surface area contributed by atoms with Crippen molar-refractivity contribution in [2.24, 2.45) is 5.92 Å². The Kier molecular flexibility index (Phi) is 5.02. The molecule has 4 nitrogen and oxygen atoms in total. The van der Waals surface area contributed by atoms with Crippen molar-refractivity contribution in [3.8, 4) is 0 Å². The fourth-order valence-electron chi connectivity index (χ4n) is 2.45. The Morgan fingerprint density at radius 1 is 1.43 bits per heavy atom. The highest BCUT2D eigenvalue weighted by molar-refractivity contribution is 6.30. The van der Waals surface area contributed by atoms with E-state index in [1.165, 1.54) is 0 Å². The first kappa shape index (κ1) is 15.6. The minimum absolute atomic E-state index is 0.0851. The van der Waals surface area contributed by atoms with E-state index < -0.39 is 0 Å². The molecule has 112 valence electrons. The minimum Gasteiger partial charge on any atom is -0.347 e. The van der Waals surface area contributed by atoms with Crippen molar-refractivity contribution in [2.45, 2.75) is 26.3 Å². The predicted octanol–water partition coefficient (Wildman–Crippen LogP) is 3.46. The number of carbonyl (C=O) groups excluding carboxylic acids is 1. The largest absolute Gasteiger partial charge is 0.347 e. The molecule has 0 saturated carbocycles. The Balaban J connectivity index is 2.19. The first-order chi connectivity index (χ1) is 9.99. The van der Waals surface area contributed by atoms with Crippen LogP contribution >= 0.6 is 11.6 Å². The number of nitrogens with zero attached hydrogens (tertiary/aromatic N) is 2. The van der Waals surface area contributed by atoms with Crippen LogP contribution in [0.4, 0.5) is 0 Å². The van der Waals surface area contributed by atoms with Crippen molar-refractivity contribution in [3.05, 3.63) is 53.1 Å². The summed E-state index contributed by atoms with van der Waals surface area (Å²) in [5, 5.41) is 0.655. The van der Waals surface area contributed by atoms with Gasteiger partial charge in [0.05, 0.1) is 24.5 Å². The van der Waals surface area contributed by atoms with Crippen molar-refractivity contribution in [1.82, 2.24) is 14.9 Å². The van der Waals surface area contributed by atoms with Gasteiger partial charge in [-0.1, -0.05) is 37.6 Å². The fourth-order valence-corrected chi connectivity index (χ4v) is 2.65. The molecule has 1 unspecified atom stereocenters. The monoisotopic (exact) mass is 305 g/mol. The number of hydrogen-bond donors (Lipinski definition) is 1. The zero-order chi connectivity index (χ0) is 15.4. The molecule has 0 bridgehead atoms. The third-order valence-corrected chi connectivity index (χ3v) is 3.71. The fraction of sp³-hybridized carbons (Fsp3) is 0.375. The van der Waals surface area contributed by atoms with Crippen molar-refractivity contribution in [2.75, 3.05) is 7.05 Å². The number of halogens is 1. The lowest BCUT2D eigenvalue weighted by Crippen LogP contribution is -2.33. The molecule has 1 aromatic heterocycles. The van der Waals surface area contributed by atoms with Crippen LogP contribution in [0, 0.1) is 5.92 Å². The van der Waals surface area contributed by atoms with E-state index in [2.05, 4.69) is 9.97 Å². The summed E-state index contributed by atoms with van der Waals surface area (Å²) in [5.74, 6) is 0.0821. The Morgan fingerprint density at radius 2 is 2.19 bits per heavy atom. The number of likely N-dealkylation sites (N-methyl/N-ethyl adjacent to an activating group) is 1. The number of hydrogen-bond acceptors (Lipinski definition) is 2. The molecule has 0 aliphatic carbocycles. The highest BCUT2D eigenvalue weighted by Crippen LogP contribution is 2.28. The molecule has 1 heterocycles. The molecule has 1 amide bonds. The average Bonchev–Trinajstić information content (AvgIpc) is 2.91. The van der Waals surface area contributed by atoms with E-state index in [0.29, 0.717) is 11.6 Å². The topological polar surface area (TPSA) is 49.0 Å². The van der Waals surface area contributed by atoms with Gasteiger partial charge in [-0.25, -0.2) is 4.98 Å². The highest BCUT2D eigenvalue weighted by Gasteiger charge is 2.27. The van der Waals surface area contributed by atoms with Crippen LogP contribution in [-0.4, -0.2) is 27.8 Å². The number of rotatable bonds is 5. The lowest BCUT2D eigenvalue weighted by molar-refractivity contribution is -0.133. The number of aromatic amines is 1. The van der Waals surface area contributed by atoms with Gasteiger partial charge in [0.2, 0.25) is 5.91 Å². The van der Waals surface area contributed by atoms with Crippen molar-refractivity contribution >= 4 is 17.5 Å². The van der Waals surface area contributed by atoms with Crippen molar-refractivity contribution in [1.29, 1.82) is 0 Å². The maximum absolute atomic E-state index is 12.8. The van der Waals surface area contributed by atoms with Gasteiger partial charge >= 0.3 is 0 Å². The summed E-state index contributed by atoms with van der Waals surface area (Å²) in [5.41, 5.74) is 1.87. The summed E-state index contributed by atoms with van der Waals surface area (Å²) in [6.45, 7) is 4.61. The van der Waals surface area contributed by atoms with E-state index in [9.17, 15) is 4.79 Å². The standard InChI is InChI=1S/C16H20ClN3O/c1-11(2)15(12-5-4-6-13(17)7-12)16(21)20(3)9-14-8-18-10-19-14/h4-8,10-11,15H,9H2,1-3H3,(H,18,19). The minimum atomic E-state index is -0.198. The molecule has 0 spiro atoms. The lowest BCUT2D eigenvalue weighted by Gasteiger charge is -2.26. The van der Waals surface area contributed by atoms with Crippen molar-refractivity contribution in [3.63, 3.8) is 0 Å². The van der Waals surface area contributed by atoms with Gasteiger partial charge in [0.25, 0.3) is 0 Å². The maximum Gasteiger partial charge on any atom is 0.230 e. The molecular weight excluding hydrogens is 286 g/mol. The number of H-pyrrole nitrogens is 1. The van der Waals surface area contributed by atoms with Crippen LogP contribution in [0.2, 0.25) is 5.02 Å². The molecule has 1 atom stereocenters. The number of amides is 1. The lowest BCUT2D eigenvalue weighted by atomic mass is 9.87. The molecule has 0 saturated heterocycles. The number of aromatic nitrogens is 2. The Hall–Kier alpha value is -1.81. The molecule has 1 aromatic carbocycles. The van der Waals surface area contributed by atoms with Crippen LogP contribution in [-0.2, 0) is 11.3 Å². The van der Waals surface area contributed by atoms with Gasteiger partial charge in [0.1, 0.15) is 0 Å². The molecule has 5 heteroatoms. The number of carbonyl (C=O) groups is 1. The van der Waals surface area contributed by atoms with Gasteiger partial charge in [-0.3, -0.25) is 4.79 Å². The summed E-state index contributed by atoms with van der Waals surface area (Å²) < 4.78 is 0. The van der Waals surface area contributed by atoms with E-state index in [1.54, 1.807) is 17.4 Å². The van der Waals surface area contributed by atoms with Crippen molar-refractivity contribution < 1.29 is 4.79 Å². The Morgan fingerprint density at radius 3 is 2.76 bits per heavy atom. The summed E-state index contributed by atoms with van der Waals surface area (Å²) in [4.78, 5) is 21.5. The summed E-state index contributed by atoms with van der Waals surface area (Å²) in [6.07, 6.45) is 3.35. The average molecular weight is 306 g/mol. The number of nitrogens with one attached hydrogen (secondary N) is 1. The van der Waals surface area contributed by atoms with Gasteiger partial charge in [-0.05, 0) is 23.6 Å². The van der Waals surface area contributed by atoms with E-state index >= 15 is 0 Å². The smallest absolute Gasteiger partial charge is 0.230 e. The van der Waals surface area contributed by atoms with Gasteiger partial charge < -0.3 is 9.88 Å². The quantitative estimate of drug-likeness (QED) is 0.919. The second-order valence-electron chi connectivity index (χ2n) is 5.55. The second kappa shape index (κ2) is 6.76. The summed E-state index contributed by atoms with van der Waals surface area (Å²) >= 11 is 6.05. The third kappa shape index (κ3) is 3.85. The Bertz CT molecular complexity index is 595. The molecule has 0 fully saturated rings. The molecule has 0 aliphatic heterocycles. The number of benzene rings is 1. The summed E-state index contributed by atoms with van der Waals surface area (Å²) in [7, 11) is 1.81. The SMILES string of the molecule is CC(C)C(C(=O)N(C)Cc1cnc[nH]1)c1cccc(Cl)c1. The van der Waals surface area contributed by atoms with E-state index in [1.807, 2.05) is 45.2 Å². The van der Waals surface area contributed by atoms with Crippen LogP contribution in [0.3, 0.4) is 0 Å². The second-order valence-corrected chi connectivity index (χ2v) is 5.98. The molecule has 2 rings (SSSR count). The first-order valence-corrected chi connectivity index (χ1v) is 7.34. The zero-order valence-corrected chi connectivity index (χ0v) is 13.3. The molecule has 1 N–H and O–H groups in total. The molecule has 21 heavy (non-hydrogen) atoms. The van der Waals surface area contributed by atoms with Crippen LogP contribution in [0.25, 0.3) is 0 Å². The van der Waals surface area contributed by atoms with Gasteiger partial charge in [-0.2, -0.15) is 0 Å². The Labute approximate surface area is 130 Å². The van der Waals surface area contributed by atoms with Gasteiger partial charge in [-0.15, -0.1) is 0 Å². The number of imidazole rings is 1. The van der Waals surface area contributed by atoms with Crippen LogP contribution in [0.5, 0.6) is 0 Å². The highest BCUT2D eigenvalue weighted by atomic mass is 35.5. The van der Waals surface area contributed by atoms with E-state index in [0.717, 1.165) is 11.3 Å². The first-order valence-electron chi connectivity index (χ1n) is 6.96. The molecule has 0 radical (unpaired) electrons.